The van der Waals surface area contributed by atoms with Crippen LogP contribution < -0.4 is 5.32 Å². The third-order valence-corrected chi connectivity index (χ3v) is 7.32. The van der Waals surface area contributed by atoms with Crippen LogP contribution in [0, 0.1) is 17.3 Å². The van der Waals surface area contributed by atoms with Gasteiger partial charge in [-0.3, -0.25) is 4.79 Å². The molecule has 4 aliphatic carbocycles. The third kappa shape index (κ3) is 2.21. The highest BCUT2D eigenvalue weighted by molar-refractivity contribution is 5.91. The second kappa shape index (κ2) is 5.69. The van der Waals surface area contributed by atoms with E-state index in [1.165, 1.54) is 24.0 Å². The molecule has 1 unspecified atom stereocenters. The van der Waals surface area contributed by atoms with E-state index in [0.717, 1.165) is 51.5 Å². The lowest BCUT2D eigenvalue weighted by Crippen LogP contribution is -2.62. The molecule has 4 heteroatoms. The van der Waals surface area contributed by atoms with Gasteiger partial charge in [-0.25, -0.2) is 0 Å². The number of piperidine rings is 1. The lowest BCUT2D eigenvalue weighted by molar-refractivity contribution is -0.136. The molecule has 0 spiro atoms. The number of aliphatic hydroxyl groups is 1. The van der Waals surface area contributed by atoms with Gasteiger partial charge in [0.25, 0.3) is 0 Å². The van der Waals surface area contributed by atoms with Crippen LogP contribution in [-0.4, -0.2) is 29.1 Å². The molecule has 0 radical (unpaired) electrons. The van der Waals surface area contributed by atoms with Crippen molar-refractivity contribution in [3.05, 3.63) is 23.3 Å². The Balaban J connectivity index is 0.00000146. The SMILES string of the molecule is Cl.O=C1CCC[C@H]2[C@H]3CC4=C(C=CCC4(O)CC4CC4)[C@@]12CCN3. The molecule has 4 atom stereocenters. The molecule has 2 saturated carbocycles. The van der Waals surface area contributed by atoms with Crippen molar-refractivity contribution in [1.29, 1.82) is 0 Å². The normalized spacial score (nSPS) is 43.8. The summed E-state index contributed by atoms with van der Waals surface area (Å²) < 4.78 is 0. The predicted molar refractivity (Wildman–Crippen MR) is 96.1 cm³/mol. The van der Waals surface area contributed by atoms with Crippen molar-refractivity contribution in [2.75, 3.05) is 6.54 Å². The highest BCUT2D eigenvalue weighted by Crippen LogP contribution is 2.59. The Bertz CT molecular complexity index is 623. The van der Waals surface area contributed by atoms with Gasteiger partial charge in [-0.1, -0.05) is 25.0 Å². The van der Waals surface area contributed by atoms with E-state index in [4.69, 9.17) is 0 Å². The van der Waals surface area contributed by atoms with Crippen molar-refractivity contribution < 1.29 is 9.90 Å². The van der Waals surface area contributed by atoms with Crippen LogP contribution in [0.2, 0.25) is 0 Å². The zero-order chi connectivity index (χ0) is 15.7. The molecular formula is C20H28ClNO2. The number of carbonyl (C=O) groups excluding carboxylic acids is 1. The Labute approximate surface area is 150 Å². The molecule has 3 nitrogen and oxygen atoms in total. The molecule has 3 fully saturated rings. The Kier molecular flexibility index (Phi) is 3.98. The maximum absolute atomic E-state index is 13.1. The zero-order valence-corrected chi connectivity index (χ0v) is 15.0. The predicted octanol–water partition coefficient (Wildman–Crippen LogP) is 3.32. The van der Waals surface area contributed by atoms with Crippen LogP contribution in [0.3, 0.4) is 0 Å². The summed E-state index contributed by atoms with van der Waals surface area (Å²) >= 11 is 0. The lowest BCUT2D eigenvalue weighted by atomic mass is 9.50. The van der Waals surface area contributed by atoms with Crippen LogP contribution in [0.25, 0.3) is 0 Å². The molecule has 0 amide bonds. The molecule has 0 aromatic rings. The summed E-state index contributed by atoms with van der Waals surface area (Å²) in [4.78, 5) is 13.1. The molecular weight excluding hydrogens is 322 g/mol. The molecule has 1 saturated heterocycles. The van der Waals surface area contributed by atoms with Gasteiger partial charge in [-0.2, -0.15) is 0 Å². The minimum absolute atomic E-state index is 0. The molecule has 2 N–H and O–H groups in total. The monoisotopic (exact) mass is 349 g/mol. The van der Waals surface area contributed by atoms with E-state index in [2.05, 4.69) is 17.5 Å². The Morgan fingerprint density at radius 1 is 1.29 bits per heavy atom. The van der Waals surface area contributed by atoms with Gasteiger partial charge in [0.15, 0.2) is 0 Å². The van der Waals surface area contributed by atoms with E-state index in [1.807, 2.05) is 0 Å². The molecule has 0 aromatic heterocycles. The zero-order valence-electron chi connectivity index (χ0n) is 14.2. The quantitative estimate of drug-likeness (QED) is 0.804. The standard InChI is InChI=1S/C20H27NO2.ClH/c22-18-5-1-3-15-17-11-16-14(20(15,18)9-10-21-17)4-2-8-19(16,23)12-13-6-7-13;/h2,4,13,15,17,21,23H,1,3,5-12H2;1H/t15-,17+,19?,20+;/m0./s1. The second-order valence-corrected chi connectivity index (χ2v) is 8.59. The van der Waals surface area contributed by atoms with E-state index >= 15 is 0 Å². The van der Waals surface area contributed by atoms with Gasteiger partial charge in [-0.05, 0) is 68.1 Å². The average molecular weight is 350 g/mol. The minimum atomic E-state index is -0.682. The van der Waals surface area contributed by atoms with Gasteiger partial charge < -0.3 is 10.4 Å². The summed E-state index contributed by atoms with van der Waals surface area (Å²) in [6.07, 6.45) is 13.4. The van der Waals surface area contributed by atoms with E-state index < -0.39 is 5.60 Å². The first kappa shape index (κ1) is 16.8. The molecule has 5 rings (SSSR count). The first-order valence-corrected chi connectivity index (χ1v) is 9.53. The fourth-order valence-electron chi connectivity index (χ4n) is 6.11. The summed E-state index contributed by atoms with van der Waals surface area (Å²) in [5.74, 6) is 1.60. The lowest BCUT2D eigenvalue weighted by Gasteiger charge is -2.57. The van der Waals surface area contributed by atoms with Crippen molar-refractivity contribution in [2.24, 2.45) is 17.3 Å². The summed E-state index contributed by atoms with van der Waals surface area (Å²) in [6, 6.07) is 0.393. The van der Waals surface area contributed by atoms with Crippen molar-refractivity contribution in [1.82, 2.24) is 5.32 Å². The van der Waals surface area contributed by atoms with Crippen LogP contribution in [0.15, 0.2) is 23.3 Å². The van der Waals surface area contributed by atoms with Gasteiger partial charge in [0.1, 0.15) is 5.78 Å². The van der Waals surface area contributed by atoms with Crippen LogP contribution in [0.4, 0.5) is 0 Å². The Morgan fingerprint density at radius 2 is 2.12 bits per heavy atom. The number of nitrogens with one attached hydrogen (secondary N) is 1. The first-order chi connectivity index (χ1) is 11.1. The van der Waals surface area contributed by atoms with Crippen molar-refractivity contribution in [3.8, 4) is 0 Å². The number of hydrogen-bond acceptors (Lipinski definition) is 3. The molecule has 1 aliphatic heterocycles. The number of halogens is 1. The first-order valence-electron chi connectivity index (χ1n) is 9.53. The van der Waals surface area contributed by atoms with Gasteiger partial charge in [-0.15, -0.1) is 12.4 Å². The molecule has 1 heterocycles. The Morgan fingerprint density at radius 3 is 2.92 bits per heavy atom. The van der Waals surface area contributed by atoms with Gasteiger partial charge in [0.05, 0.1) is 11.0 Å². The molecule has 5 aliphatic rings. The fraction of sp³-hybridized carbons (Fsp3) is 0.750. The molecule has 0 aromatic carbocycles. The second-order valence-electron chi connectivity index (χ2n) is 8.59. The largest absolute Gasteiger partial charge is 0.385 e. The number of hydrogen-bond donors (Lipinski definition) is 2. The maximum Gasteiger partial charge on any atom is 0.143 e. The minimum Gasteiger partial charge on any atom is -0.385 e. The number of carbonyl (C=O) groups is 1. The third-order valence-electron chi connectivity index (χ3n) is 7.32. The molecule has 132 valence electrons. The summed E-state index contributed by atoms with van der Waals surface area (Å²) in [5, 5.41) is 15.1. The van der Waals surface area contributed by atoms with Gasteiger partial charge in [0.2, 0.25) is 0 Å². The fourth-order valence-corrected chi connectivity index (χ4v) is 6.11. The van der Waals surface area contributed by atoms with Crippen LogP contribution in [0.1, 0.15) is 57.8 Å². The number of Topliss-reactive ketones (excluding diaryl/α,β-unsaturated/α-hetero) is 1. The van der Waals surface area contributed by atoms with Gasteiger partial charge in [0, 0.05) is 12.5 Å². The summed E-state index contributed by atoms with van der Waals surface area (Å²) in [5.41, 5.74) is 1.49. The van der Waals surface area contributed by atoms with E-state index in [0.29, 0.717) is 23.7 Å². The Hall–Kier alpha value is -0.640. The van der Waals surface area contributed by atoms with Crippen molar-refractivity contribution >= 4 is 18.2 Å². The number of allylic oxidation sites excluding steroid dienone is 2. The van der Waals surface area contributed by atoms with Gasteiger partial charge >= 0.3 is 0 Å². The topological polar surface area (TPSA) is 49.3 Å². The van der Waals surface area contributed by atoms with Crippen LogP contribution in [0.5, 0.6) is 0 Å². The van der Waals surface area contributed by atoms with Crippen LogP contribution >= 0.6 is 12.4 Å². The summed E-state index contributed by atoms with van der Waals surface area (Å²) in [6.45, 7) is 0.943. The summed E-state index contributed by atoms with van der Waals surface area (Å²) in [7, 11) is 0. The van der Waals surface area contributed by atoms with E-state index in [1.54, 1.807) is 0 Å². The van der Waals surface area contributed by atoms with E-state index in [-0.39, 0.29) is 17.8 Å². The average Bonchev–Trinajstić information content (AvgIpc) is 3.32. The van der Waals surface area contributed by atoms with Crippen LogP contribution in [-0.2, 0) is 4.79 Å². The molecule has 2 bridgehead atoms. The van der Waals surface area contributed by atoms with E-state index in [9.17, 15) is 9.90 Å². The number of rotatable bonds is 2. The van der Waals surface area contributed by atoms with Crippen molar-refractivity contribution in [3.63, 3.8) is 0 Å². The molecule has 24 heavy (non-hydrogen) atoms. The number of ketones is 1. The smallest absolute Gasteiger partial charge is 0.143 e. The maximum atomic E-state index is 13.1. The van der Waals surface area contributed by atoms with Crippen molar-refractivity contribution in [2.45, 2.75) is 69.4 Å². The highest BCUT2D eigenvalue weighted by atomic mass is 35.5. The highest BCUT2D eigenvalue weighted by Gasteiger charge is 2.59.